The zero-order chi connectivity index (χ0) is 22.2. The zero-order valence-electron chi connectivity index (χ0n) is 18.7. The molecule has 5 nitrogen and oxygen atoms in total. The molecule has 30 heavy (non-hydrogen) atoms. The van der Waals surface area contributed by atoms with Gasteiger partial charge in [0.15, 0.2) is 0 Å². The molecule has 1 aromatic carbocycles. The second-order valence-electron chi connectivity index (χ2n) is 8.03. The van der Waals surface area contributed by atoms with Crippen LogP contribution in [-0.2, 0) is 9.09 Å². The Bertz CT molecular complexity index is 666. The fourth-order valence-corrected chi connectivity index (χ4v) is 5.73. The van der Waals surface area contributed by atoms with Crippen molar-refractivity contribution >= 4 is 19.3 Å². The molecule has 0 saturated carbocycles. The number of aromatic carboxylic acids is 1. The minimum atomic E-state index is -3.14. The number of hydrogen-bond donors (Lipinski definition) is 1. The van der Waals surface area contributed by atoms with Crippen LogP contribution in [0.4, 0.5) is 0 Å². The Balaban J connectivity index is 2.72. The van der Waals surface area contributed by atoms with E-state index in [1.54, 1.807) is 12.1 Å². The Hall–Kier alpha value is -1.61. The van der Waals surface area contributed by atoms with Crippen molar-refractivity contribution in [2.45, 2.75) is 90.9 Å². The summed E-state index contributed by atoms with van der Waals surface area (Å²) in [6, 6.07) is 5.94. The van der Waals surface area contributed by atoms with E-state index in [0.717, 1.165) is 38.5 Å². The lowest BCUT2D eigenvalue weighted by atomic mass is 10.1. The van der Waals surface area contributed by atoms with Crippen LogP contribution in [0.1, 0.15) is 112 Å². The Morgan fingerprint density at radius 2 is 1.20 bits per heavy atom. The summed E-state index contributed by atoms with van der Waals surface area (Å²) in [6.45, 7) is 4.34. The van der Waals surface area contributed by atoms with Crippen LogP contribution in [0.15, 0.2) is 24.3 Å². The lowest BCUT2D eigenvalue weighted by molar-refractivity contribution is 0.0668. The highest BCUT2D eigenvalue weighted by atomic mass is 31.2. The minimum absolute atomic E-state index is 0.0314. The van der Waals surface area contributed by atoms with Crippen molar-refractivity contribution in [2.24, 2.45) is 0 Å². The van der Waals surface area contributed by atoms with E-state index < -0.39 is 19.3 Å². The Labute approximate surface area is 182 Å². The topological polar surface area (TPSA) is 80.7 Å². The average molecular weight is 439 g/mol. The summed E-state index contributed by atoms with van der Waals surface area (Å²) in [5.74, 6) is -1.97. The standard InChI is InChI=1S/C24H39O5P/c1-3-5-7-9-11-15-19-30(28,20-16-12-10-8-6-4-2)29-24(27)22-18-14-13-17-21(22)23(25)26/h13-14,17-18H,3-12,15-16,19-20H2,1-2H3,(H,25,26). The quantitative estimate of drug-likeness (QED) is 0.201. The smallest absolute Gasteiger partial charge is 0.344 e. The van der Waals surface area contributed by atoms with Gasteiger partial charge in [0.1, 0.15) is 0 Å². The SMILES string of the molecule is CCCCCCCCP(=O)(CCCCCCCC)OC(=O)c1ccccc1C(=O)O. The van der Waals surface area contributed by atoms with Crippen molar-refractivity contribution < 1.29 is 23.8 Å². The number of hydrogen-bond acceptors (Lipinski definition) is 4. The third-order valence-electron chi connectivity index (χ3n) is 5.33. The van der Waals surface area contributed by atoms with E-state index in [-0.39, 0.29) is 11.1 Å². The third-order valence-corrected chi connectivity index (χ3v) is 7.83. The van der Waals surface area contributed by atoms with E-state index in [1.165, 1.54) is 50.7 Å². The van der Waals surface area contributed by atoms with E-state index in [9.17, 15) is 19.3 Å². The molecule has 0 fully saturated rings. The molecule has 0 spiro atoms. The van der Waals surface area contributed by atoms with Gasteiger partial charge in [-0.25, -0.2) is 9.59 Å². The van der Waals surface area contributed by atoms with Crippen molar-refractivity contribution in [3.05, 3.63) is 35.4 Å². The van der Waals surface area contributed by atoms with Gasteiger partial charge in [-0.1, -0.05) is 90.2 Å². The maximum Gasteiger partial charge on any atom is 0.344 e. The zero-order valence-corrected chi connectivity index (χ0v) is 19.6. The van der Waals surface area contributed by atoms with Gasteiger partial charge >= 0.3 is 11.9 Å². The predicted octanol–water partition coefficient (Wildman–Crippen LogP) is 7.54. The van der Waals surface area contributed by atoms with Crippen LogP contribution in [0.3, 0.4) is 0 Å². The first kappa shape index (κ1) is 26.4. The van der Waals surface area contributed by atoms with E-state index in [4.69, 9.17) is 4.52 Å². The summed E-state index contributed by atoms with van der Waals surface area (Å²) in [6.07, 6.45) is 13.6. The molecule has 0 bridgehead atoms. The molecule has 0 amide bonds. The molecular formula is C24H39O5P. The molecule has 0 atom stereocenters. The summed E-state index contributed by atoms with van der Waals surface area (Å²) in [4.78, 5) is 24.1. The molecule has 0 aliphatic carbocycles. The first-order chi connectivity index (χ1) is 14.4. The van der Waals surface area contributed by atoms with Crippen molar-refractivity contribution in [1.29, 1.82) is 0 Å². The van der Waals surface area contributed by atoms with Gasteiger partial charge in [0, 0.05) is 12.3 Å². The lowest BCUT2D eigenvalue weighted by Crippen LogP contribution is -2.13. The number of carboxylic acids is 1. The normalized spacial score (nSPS) is 11.4. The summed E-state index contributed by atoms with van der Waals surface area (Å²) in [5, 5.41) is 9.32. The van der Waals surface area contributed by atoms with Crippen molar-refractivity contribution in [3.8, 4) is 0 Å². The second kappa shape index (κ2) is 15.2. The maximum atomic E-state index is 13.5. The van der Waals surface area contributed by atoms with Gasteiger partial charge in [-0.2, -0.15) is 0 Å². The maximum absolute atomic E-state index is 13.5. The van der Waals surface area contributed by atoms with Crippen LogP contribution in [0.5, 0.6) is 0 Å². The molecule has 1 aromatic rings. The second-order valence-corrected chi connectivity index (χ2v) is 10.7. The third kappa shape index (κ3) is 10.4. The molecule has 0 radical (unpaired) electrons. The molecule has 170 valence electrons. The van der Waals surface area contributed by atoms with E-state index in [2.05, 4.69) is 13.8 Å². The molecule has 0 saturated heterocycles. The van der Waals surface area contributed by atoms with Gasteiger partial charge in [-0.05, 0) is 25.0 Å². The highest BCUT2D eigenvalue weighted by Crippen LogP contribution is 2.49. The van der Waals surface area contributed by atoms with Crippen LogP contribution in [-0.4, -0.2) is 29.4 Å². The fraction of sp³-hybridized carbons (Fsp3) is 0.667. The summed E-state index contributed by atoms with van der Waals surface area (Å²) in [7, 11) is -3.14. The first-order valence-electron chi connectivity index (χ1n) is 11.6. The van der Waals surface area contributed by atoms with Gasteiger partial charge in [0.25, 0.3) is 7.37 Å². The van der Waals surface area contributed by atoms with Crippen LogP contribution in [0.2, 0.25) is 0 Å². The van der Waals surface area contributed by atoms with Crippen LogP contribution < -0.4 is 0 Å². The number of carboxylic acid groups (broad SMARTS) is 1. The molecule has 0 heterocycles. The van der Waals surface area contributed by atoms with Gasteiger partial charge in [0.05, 0.1) is 11.1 Å². The Morgan fingerprint density at radius 1 is 0.767 bits per heavy atom. The van der Waals surface area contributed by atoms with Crippen molar-refractivity contribution in [1.82, 2.24) is 0 Å². The van der Waals surface area contributed by atoms with Crippen molar-refractivity contribution in [2.75, 3.05) is 12.3 Å². The largest absolute Gasteiger partial charge is 0.478 e. The molecule has 0 aliphatic rings. The summed E-state index contributed by atoms with van der Waals surface area (Å²) >= 11 is 0. The lowest BCUT2D eigenvalue weighted by Gasteiger charge is -2.19. The molecule has 0 unspecified atom stereocenters. The van der Waals surface area contributed by atoms with E-state index >= 15 is 0 Å². The monoisotopic (exact) mass is 438 g/mol. The number of rotatable bonds is 17. The van der Waals surface area contributed by atoms with Crippen LogP contribution in [0, 0.1) is 0 Å². The number of unbranched alkanes of at least 4 members (excludes halogenated alkanes) is 10. The van der Waals surface area contributed by atoms with E-state index in [0.29, 0.717) is 12.3 Å². The molecule has 6 heteroatoms. The summed E-state index contributed by atoms with van der Waals surface area (Å²) < 4.78 is 19.0. The number of carbonyl (C=O) groups is 2. The van der Waals surface area contributed by atoms with Gasteiger partial charge in [-0.15, -0.1) is 0 Å². The van der Waals surface area contributed by atoms with Gasteiger partial charge < -0.3 is 9.63 Å². The minimum Gasteiger partial charge on any atom is -0.478 e. The first-order valence-corrected chi connectivity index (χ1v) is 13.6. The van der Waals surface area contributed by atoms with E-state index in [1.807, 2.05) is 0 Å². The number of carbonyl (C=O) groups excluding carboxylic acids is 1. The highest BCUT2D eigenvalue weighted by molar-refractivity contribution is 7.59. The predicted molar refractivity (Wildman–Crippen MR) is 123 cm³/mol. The average Bonchev–Trinajstić information content (AvgIpc) is 2.73. The molecule has 0 aromatic heterocycles. The number of benzene rings is 1. The highest BCUT2D eigenvalue weighted by Gasteiger charge is 2.28. The summed E-state index contributed by atoms with van der Waals surface area (Å²) in [5.41, 5.74) is -0.149. The fourth-order valence-electron chi connectivity index (χ4n) is 3.52. The van der Waals surface area contributed by atoms with Crippen LogP contribution in [0.25, 0.3) is 0 Å². The Morgan fingerprint density at radius 3 is 1.67 bits per heavy atom. The molecule has 1 rings (SSSR count). The van der Waals surface area contributed by atoms with Crippen molar-refractivity contribution in [3.63, 3.8) is 0 Å². The molecule has 1 N–H and O–H groups in total. The van der Waals surface area contributed by atoms with Gasteiger partial charge in [-0.3, -0.25) is 4.57 Å². The molecular weight excluding hydrogens is 399 g/mol. The Kier molecular flexibility index (Phi) is 13.4. The van der Waals surface area contributed by atoms with Gasteiger partial charge in [0.2, 0.25) is 0 Å². The van der Waals surface area contributed by atoms with Crippen LogP contribution >= 0.6 is 7.37 Å². The molecule has 0 aliphatic heterocycles.